The van der Waals surface area contributed by atoms with Crippen molar-refractivity contribution in [2.45, 2.75) is 51.4 Å². The number of anilines is 2. The first-order chi connectivity index (χ1) is 16.0. The van der Waals surface area contributed by atoms with Crippen LogP contribution in [-0.4, -0.2) is 36.2 Å². The van der Waals surface area contributed by atoms with E-state index in [0.717, 1.165) is 16.3 Å². The van der Waals surface area contributed by atoms with Crippen LogP contribution in [0.2, 0.25) is 0 Å². The first-order valence-electron chi connectivity index (χ1n) is 10.8. The van der Waals surface area contributed by atoms with Crippen LogP contribution in [0.25, 0.3) is 11.0 Å². The van der Waals surface area contributed by atoms with E-state index in [9.17, 15) is 19.2 Å². The number of thioether (sulfide) groups is 1. The first kappa shape index (κ1) is 25.2. The van der Waals surface area contributed by atoms with E-state index in [1.54, 1.807) is 38.1 Å². The molecule has 0 unspecified atom stereocenters. The maximum atomic E-state index is 13.0. The number of carbonyl (C=O) groups is 2. The van der Waals surface area contributed by atoms with Gasteiger partial charge >= 0.3 is 5.69 Å². The Balaban J connectivity index is 1.92. The van der Waals surface area contributed by atoms with E-state index in [2.05, 4.69) is 20.6 Å². The monoisotopic (exact) mass is 484 g/mol. The zero-order valence-corrected chi connectivity index (χ0v) is 20.8. The Bertz CT molecular complexity index is 1360. The molecule has 0 aliphatic carbocycles. The summed E-state index contributed by atoms with van der Waals surface area (Å²) in [5.74, 6) is 0.0981. The standard InChI is InChI=1S/C23H28N6O4S/c1-12(2)11-29-19-18(22(32)28(6)23(29)33)21(25-14(4)24-19)34-13(3)20(31)27-17-9-7-16(8-10-17)26-15(5)30/h7-10,12-13H,11H2,1-6H3,(H,26,30)(H,27,31)/t13-/m1/s1. The summed E-state index contributed by atoms with van der Waals surface area (Å²) in [5.41, 5.74) is 0.534. The third-order valence-corrected chi connectivity index (χ3v) is 6.02. The van der Waals surface area contributed by atoms with Crippen molar-refractivity contribution < 1.29 is 9.59 Å². The quantitative estimate of drug-likeness (QED) is 0.390. The summed E-state index contributed by atoms with van der Waals surface area (Å²) in [6.45, 7) is 9.16. The fourth-order valence-electron chi connectivity index (χ4n) is 3.36. The zero-order chi connectivity index (χ0) is 25.2. The number of fused-ring (bicyclic) bond motifs is 1. The molecule has 0 spiro atoms. The van der Waals surface area contributed by atoms with Gasteiger partial charge in [-0.1, -0.05) is 25.6 Å². The van der Waals surface area contributed by atoms with Crippen molar-refractivity contribution in [1.29, 1.82) is 0 Å². The summed E-state index contributed by atoms with van der Waals surface area (Å²) in [4.78, 5) is 58.6. The number of amides is 2. The van der Waals surface area contributed by atoms with Crippen molar-refractivity contribution >= 4 is 46.0 Å². The molecule has 0 aliphatic heterocycles. The first-order valence-corrected chi connectivity index (χ1v) is 11.7. The highest BCUT2D eigenvalue weighted by atomic mass is 32.2. The van der Waals surface area contributed by atoms with E-state index >= 15 is 0 Å². The minimum absolute atomic E-state index is 0.159. The van der Waals surface area contributed by atoms with Gasteiger partial charge < -0.3 is 10.6 Å². The molecule has 10 nitrogen and oxygen atoms in total. The average Bonchev–Trinajstić information content (AvgIpc) is 2.75. The molecule has 0 fully saturated rings. The van der Waals surface area contributed by atoms with Gasteiger partial charge in [-0.15, -0.1) is 0 Å². The van der Waals surface area contributed by atoms with Crippen LogP contribution in [0.5, 0.6) is 0 Å². The van der Waals surface area contributed by atoms with Gasteiger partial charge in [0.05, 0.1) is 5.25 Å². The topological polar surface area (TPSA) is 128 Å². The van der Waals surface area contributed by atoms with E-state index in [0.29, 0.717) is 28.8 Å². The summed E-state index contributed by atoms with van der Waals surface area (Å²) in [6.07, 6.45) is 0. The molecular formula is C23H28N6O4S. The molecule has 3 aromatic rings. The molecule has 34 heavy (non-hydrogen) atoms. The second-order valence-electron chi connectivity index (χ2n) is 8.43. The predicted molar refractivity (Wildman–Crippen MR) is 133 cm³/mol. The summed E-state index contributed by atoms with van der Waals surface area (Å²) >= 11 is 1.13. The fraction of sp³-hybridized carbons (Fsp3) is 0.391. The molecule has 0 aliphatic rings. The van der Waals surface area contributed by atoms with Gasteiger partial charge in [-0.3, -0.25) is 23.5 Å². The third-order valence-electron chi connectivity index (χ3n) is 4.94. The Kier molecular flexibility index (Phi) is 7.55. The van der Waals surface area contributed by atoms with E-state index in [4.69, 9.17) is 0 Å². The Labute approximate surface area is 200 Å². The van der Waals surface area contributed by atoms with E-state index in [-0.39, 0.29) is 28.8 Å². The minimum atomic E-state index is -0.595. The number of aromatic nitrogens is 4. The number of hydrogen-bond acceptors (Lipinski definition) is 7. The minimum Gasteiger partial charge on any atom is -0.326 e. The molecule has 2 heterocycles. The molecule has 3 rings (SSSR count). The van der Waals surface area contributed by atoms with Crippen molar-refractivity contribution in [3.63, 3.8) is 0 Å². The molecular weight excluding hydrogens is 456 g/mol. The summed E-state index contributed by atoms with van der Waals surface area (Å²) in [7, 11) is 1.43. The van der Waals surface area contributed by atoms with Crippen LogP contribution in [0.1, 0.15) is 33.5 Å². The van der Waals surface area contributed by atoms with Crippen molar-refractivity contribution in [1.82, 2.24) is 19.1 Å². The van der Waals surface area contributed by atoms with Gasteiger partial charge in [0, 0.05) is 31.9 Å². The molecule has 0 radical (unpaired) electrons. The Morgan fingerprint density at radius 2 is 1.62 bits per heavy atom. The fourth-order valence-corrected chi connectivity index (χ4v) is 4.34. The number of aryl methyl sites for hydroxylation is 1. The van der Waals surface area contributed by atoms with Gasteiger partial charge in [0.1, 0.15) is 16.2 Å². The summed E-state index contributed by atoms with van der Waals surface area (Å²) in [6, 6.07) is 6.75. The van der Waals surface area contributed by atoms with Crippen LogP contribution < -0.4 is 21.9 Å². The molecule has 11 heteroatoms. The molecule has 0 bridgehead atoms. The van der Waals surface area contributed by atoms with Gasteiger partial charge in [0.25, 0.3) is 5.56 Å². The zero-order valence-electron chi connectivity index (χ0n) is 20.0. The molecule has 2 aromatic heterocycles. The number of hydrogen-bond donors (Lipinski definition) is 2. The van der Waals surface area contributed by atoms with Gasteiger partial charge in [-0.05, 0) is 44.0 Å². The maximum Gasteiger partial charge on any atom is 0.332 e. The number of benzene rings is 1. The Morgan fingerprint density at radius 3 is 2.18 bits per heavy atom. The number of rotatable bonds is 7. The van der Waals surface area contributed by atoms with Crippen LogP contribution >= 0.6 is 11.8 Å². The highest BCUT2D eigenvalue weighted by Crippen LogP contribution is 2.27. The van der Waals surface area contributed by atoms with Crippen molar-refractivity contribution in [2.75, 3.05) is 10.6 Å². The van der Waals surface area contributed by atoms with Gasteiger partial charge in [-0.25, -0.2) is 14.8 Å². The number of nitrogens with one attached hydrogen (secondary N) is 2. The lowest BCUT2D eigenvalue weighted by atomic mass is 10.2. The van der Waals surface area contributed by atoms with Crippen LogP contribution in [0.15, 0.2) is 38.9 Å². The lowest BCUT2D eigenvalue weighted by Crippen LogP contribution is -2.39. The molecule has 0 saturated heterocycles. The third kappa shape index (κ3) is 5.53. The molecule has 0 saturated carbocycles. The second kappa shape index (κ2) is 10.2. The molecule has 180 valence electrons. The predicted octanol–water partition coefficient (Wildman–Crippen LogP) is 2.53. The normalized spacial score (nSPS) is 12.1. The van der Waals surface area contributed by atoms with E-state index in [1.165, 1.54) is 18.5 Å². The van der Waals surface area contributed by atoms with Crippen molar-refractivity contribution in [3.8, 4) is 0 Å². The second-order valence-corrected chi connectivity index (χ2v) is 9.76. The molecule has 2 N–H and O–H groups in total. The SMILES string of the molecule is CC(=O)Nc1ccc(NC(=O)[C@@H](C)Sc2nc(C)nc3c2c(=O)n(C)c(=O)n3CC(C)C)cc1. The van der Waals surface area contributed by atoms with Gasteiger partial charge in [0.2, 0.25) is 11.8 Å². The Morgan fingerprint density at radius 1 is 1.03 bits per heavy atom. The van der Waals surface area contributed by atoms with Crippen LogP contribution in [-0.2, 0) is 23.2 Å². The highest BCUT2D eigenvalue weighted by molar-refractivity contribution is 8.00. The largest absolute Gasteiger partial charge is 0.332 e. The van der Waals surface area contributed by atoms with Gasteiger partial charge in [-0.2, -0.15) is 0 Å². The van der Waals surface area contributed by atoms with E-state index < -0.39 is 16.5 Å². The smallest absolute Gasteiger partial charge is 0.326 e. The highest BCUT2D eigenvalue weighted by Gasteiger charge is 2.22. The average molecular weight is 485 g/mol. The Hall–Kier alpha value is -3.47. The van der Waals surface area contributed by atoms with Crippen LogP contribution in [0.4, 0.5) is 11.4 Å². The lowest BCUT2D eigenvalue weighted by molar-refractivity contribution is -0.115. The van der Waals surface area contributed by atoms with Crippen LogP contribution in [0.3, 0.4) is 0 Å². The van der Waals surface area contributed by atoms with E-state index in [1.807, 2.05) is 13.8 Å². The summed E-state index contributed by atoms with van der Waals surface area (Å²) in [5, 5.41) is 5.47. The number of carbonyl (C=O) groups excluding carboxylic acids is 2. The van der Waals surface area contributed by atoms with Gasteiger partial charge in [0.15, 0.2) is 5.65 Å². The molecule has 1 atom stereocenters. The lowest BCUT2D eigenvalue weighted by Gasteiger charge is -2.17. The maximum absolute atomic E-state index is 13.0. The molecule has 1 aromatic carbocycles. The molecule has 2 amide bonds. The summed E-state index contributed by atoms with van der Waals surface area (Å²) < 4.78 is 2.54. The van der Waals surface area contributed by atoms with Crippen LogP contribution in [0, 0.1) is 12.8 Å². The van der Waals surface area contributed by atoms with Crippen molar-refractivity contribution in [2.24, 2.45) is 13.0 Å². The van der Waals surface area contributed by atoms with Crippen molar-refractivity contribution in [3.05, 3.63) is 50.9 Å². The number of nitrogens with zero attached hydrogens (tertiary/aromatic N) is 4.